The number of amides is 2. The van der Waals surface area contributed by atoms with Gasteiger partial charge >= 0.3 is 12.0 Å². The zero-order chi connectivity index (χ0) is 29.2. The first-order valence-electron chi connectivity index (χ1n) is 15.2. The molecule has 1 aliphatic rings. The fourth-order valence-corrected chi connectivity index (χ4v) is 6.07. The van der Waals surface area contributed by atoms with Crippen LogP contribution in [-0.2, 0) is 28.8 Å². The van der Waals surface area contributed by atoms with E-state index in [1.54, 1.807) is 0 Å². The summed E-state index contributed by atoms with van der Waals surface area (Å²) >= 11 is 1.52. The van der Waals surface area contributed by atoms with E-state index in [4.69, 9.17) is 4.74 Å². The molecule has 0 fully saturated rings. The van der Waals surface area contributed by atoms with Gasteiger partial charge in [0.15, 0.2) is 0 Å². The highest BCUT2D eigenvalue weighted by atomic mass is 32.2. The van der Waals surface area contributed by atoms with Crippen molar-refractivity contribution >= 4 is 29.4 Å². The Balaban J connectivity index is 1.64. The first-order chi connectivity index (χ1) is 19.0. The van der Waals surface area contributed by atoms with Crippen LogP contribution in [0.2, 0.25) is 0 Å². The van der Waals surface area contributed by atoms with E-state index >= 15 is 0 Å². The minimum absolute atomic E-state index is 0.0251. The largest absolute Gasteiger partial charge is 0.459 e. The average Bonchev–Trinajstić information content (AvgIpc) is 2.89. The van der Waals surface area contributed by atoms with Crippen LogP contribution in [0.4, 0.5) is 10.5 Å². The predicted molar refractivity (Wildman–Crippen MR) is 168 cm³/mol. The van der Waals surface area contributed by atoms with E-state index in [9.17, 15) is 9.59 Å². The molecule has 0 radical (unpaired) electrons. The number of unbranched alkanes of at least 4 members (excludes halogenated alkanes) is 4. The normalized spacial score (nSPS) is 13.4. The van der Waals surface area contributed by atoms with Gasteiger partial charge in [0.05, 0.1) is 0 Å². The Morgan fingerprint density at radius 2 is 1.62 bits per heavy atom. The van der Waals surface area contributed by atoms with Gasteiger partial charge in [-0.25, -0.2) is 4.79 Å². The van der Waals surface area contributed by atoms with Crippen molar-refractivity contribution in [1.82, 2.24) is 4.90 Å². The number of hydrogen-bond donors (Lipinski definition) is 1. The molecule has 5 nitrogen and oxygen atoms in total. The van der Waals surface area contributed by atoms with Crippen molar-refractivity contribution in [2.75, 3.05) is 18.4 Å². The Kier molecular flexibility index (Phi) is 12.0. The van der Waals surface area contributed by atoms with Gasteiger partial charge in [-0.2, -0.15) is 0 Å². The number of nitrogens with zero attached hydrogens (tertiary/aromatic N) is 1. The molecule has 0 unspecified atom stereocenters. The molecule has 0 atom stereocenters. The summed E-state index contributed by atoms with van der Waals surface area (Å²) in [6, 6.07) is 14.7. The summed E-state index contributed by atoms with van der Waals surface area (Å²) in [6.07, 6.45) is 11.3. The van der Waals surface area contributed by atoms with E-state index in [0.29, 0.717) is 6.54 Å². The van der Waals surface area contributed by atoms with Crippen molar-refractivity contribution in [3.8, 4) is 0 Å². The lowest BCUT2D eigenvalue weighted by Crippen LogP contribution is -2.37. The van der Waals surface area contributed by atoms with Gasteiger partial charge in [0.25, 0.3) is 0 Å². The number of esters is 1. The number of nitrogens with one attached hydrogen (secondary N) is 1. The second-order valence-corrected chi connectivity index (χ2v) is 14.2. The van der Waals surface area contributed by atoms with Gasteiger partial charge in [-0.1, -0.05) is 50.8 Å². The van der Waals surface area contributed by atoms with Crippen LogP contribution < -0.4 is 5.32 Å². The van der Waals surface area contributed by atoms with Crippen molar-refractivity contribution in [3.63, 3.8) is 0 Å². The van der Waals surface area contributed by atoms with E-state index in [-0.39, 0.29) is 12.0 Å². The number of hydrogen-bond acceptors (Lipinski definition) is 4. The van der Waals surface area contributed by atoms with Gasteiger partial charge in [0, 0.05) is 23.7 Å². The molecule has 3 rings (SSSR count). The number of ether oxygens (including phenoxy) is 1. The molecule has 0 aliphatic heterocycles. The van der Waals surface area contributed by atoms with Crippen LogP contribution in [-0.4, -0.2) is 40.3 Å². The molecule has 0 spiro atoms. The summed E-state index contributed by atoms with van der Waals surface area (Å²) in [5, 5.41) is 3.19. The second kappa shape index (κ2) is 15.0. The van der Waals surface area contributed by atoms with Gasteiger partial charge < -0.3 is 15.0 Å². The molecule has 0 bridgehead atoms. The summed E-state index contributed by atoms with van der Waals surface area (Å²) in [4.78, 5) is 29.2. The van der Waals surface area contributed by atoms with Gasteiger partial charge in [0.1, 0.15) is 10.3 Å². The predicted octanol–water partition coefficient (Wildman–Crippen LogP) is 8.82. The van der Waals surface area contributed by atoms with Crippen LogP contribution in [0.3, 0.4) is 0 Å². The second-order valence-electron chi connectivity index (χ2n) is 12.5. The first-order valence-corrected chi connectivity index (χ1v) is 16.0. The topological polar surface area (TPSA) is 58.6 Å². The zero-order valence-corrected chi connectivity index (χ0v) is 26.4. The summed E-state index contributed by atoms with van der Waals surface area (Å²) in [7, 11) is 0. The fourth-order valence-electron chi connectivity index (χ4n) is 5.00. The molecule has 0 saturated carbocycles. The molecule has 220 valence electrons. The lowest BCUT2D eigenvalue weighted by Gasteiger charge is -2.28. The average molecular weight is 567 g/mol. The smallest absolute Gasteiger partial charge is 0.322 e. The summed E-state index contributed by atoms with van der Waals surface area (Å²) in [6.45, 7) is 13.1. The maximum Gasteiger partial charge on any atom is 0.322 e. The Bertz CT molecular complexity index is 1120. The number of urea groups is 1. The third-order valence-electron chi connectivity index (χ3n) is 7.25. The Morgan fingerprint density at radius 1 is 0.900 bits per heavy atom. The number of carbonyl (C=O) groups is 2. The lowest BCUT2D eigenvalue weighted by atomic mass is 9.91. The number of benzene rings is 2. The van der Waals surface area contributed by atoms with E-state index in [0.717, 1.165) is 54.8 Å². The minimum atomic E-state index is -0.703. The molecule has 1 N–H and O–H groups in total. The van der Waals surface area contributed by atoms with Crippen LogP contribution in [0.1, 0.15) is 103 Å². The molecule has 0 saturated heterocycles. The number of thioether (sulfide) groups is 1. The molecule has 2 aromatic carbocycles. The fraction of sp³-hybridized carbons (Fsp3) is 0.588. The number of aryl methyl sites for hydroxylation is 2. The first kappa shape index (κ1) is 32.0. The van der Waals surface area contributed by atoms with E-state index in [1.807, 2.05) is 51.7 Å². The minimum Gasteiger partial charge on any atom is -0.459 e. The van der Waals surface area contributed by atoms with Crippen molar-refractivity contribution in [3.05, 3.63) is 59.2 Å². The van der Waals surface area contributed by atoms with E-state index in [1.165, 1.54) is 55.0 Å². The van der Waals surface area contributed by atoms with Crippen molar-refractivity contribution < 1.29 is 14.3 Å². The van der Waals surface area contributed by atoms with Crippen molar-refractivity contribution in [1.29, 1.82) is 0 Å². The van der Waals surface area contributed by atoms with Gasteiger partial charge in [0.2, 0.25) is 0 Å². The maximum absolute atomic E-state index is 13.4. The summed E-state index contributed by atoms with van der Waals surface area (Å²) in [5.41, 5.74) is 4.33. The van der Waals surface area contributed by atoms with Crippen LogP contribution in [0.25, 0.3) is 0 Å². The molecular weight excluding hydrogens is 516 g/mol. The van der Waals surface area contributed by atoms with E-state index < -0.39 is 10.3 Å². The Morgan fingerprint density at radius 3 is 2.35 bits per heavy atom. The van der Waals surface area contributed by atoms with Gasteiger partial charge in [-0.15, -0.1) is 11.8 Å². The molecule has 1 aliphatic carbocycles. The third-order valence-corrected chi connectivity index (χ3v) is 8.42. The van der Waals surface area contributed by atoms with Crippen LogP contribution in [0.5, 0.6) is 0 Å². The van der Waals surface area contributed by atoms with Crippen LogP contribution in [0, 0.1) is 0 Å². The van der Waals surface area contributed by atoms with Gasteiger partial charge in [-0.05, 0) is 114 Å². The quantitative estimate of drug-likeness (QED) is 0.149. The molecule has 2 amide bonds. The van der Waals surface area contributed by atoms with E-state index in [2.05, 4.69) is 42.6 Å². The summed E-state index contributed by atoms with van der Waals surface area (Å²) in [5.74, 6) is -0.219. The van der Waals surface area contributed by atoms with Crippen LogP contribution in [0.15, 0.2) is 47.4 Å². The molecule has 40 heavy (non-hydrogen) atoms. The van der Waals surface area contributed by atoms with Gasteiger partial charge in [-0.3, -0.25) is 4.79 Å². The molecule has 6 heteroatoms. The lowest BCUT2D eigenvalue weighted by molar-refractivity contribution is -0.156. The SMILES string of the molecule is CCCCCCCN(CCc1cccc(SC(C)(C)C(=O)OC(C)(C)C)c1)C(=O)Nc1ccc2c(c1)CCCC2. The highest BCUT2D eigenvalue weighted by Gasteiger charge is 2.33. The Hall–Kier alpha value is -2.47. The molecule has 0 heterocycles. The van der Waals surface area contributed by atoms with Crippen LogP contribution >= 0.6 is 11.8 Å². The monoisotopic (exact) mass is 566 g/mol. The molecule has 2 aromatic rings. The summed E-state index contributed by atoms with van der Waals surface area (Å²) < 4.78 is 4.94. The third kappa shape index (κ3) is 10.5. The zero-order valence-electron chi connectivity index (χ0n) is 25.6. The molecule has 0 aromatic heterocycles. The Labute approximate surface area is 246 Å². The highest BCUT2D eigenvalue weighted by Crippen LogP contribution is 2.35. The van der Waals surface area contributed by atoms with Crippen molar-refractivity contribution in [2.45, 2.75) is 121 Å². The highest BCUT2D eigenvalue weighted by molar-refractivity contribution is 8.01. The number of carbonyl (C=O) groups excluding carboxylic acids is 2. The number of rotatable bonds is 13. The maximum atomic E-state index is 13.4. The number of fused-ring (bicyclic) bond motifs is 1. The standard InChI is InChI=1S/C34H50N2O3S/c1-7-8-9-10-13-22-36(32(38)35-29-20-19-27-16-11-12-17-28(27)25-29)23-21-26-15-14-18-30(24-26)40-34(5,6)31(37)39-33(2,3)4/h14-15,18-20,24-25H,7-13,16-17,21-23H2,1-6H3,(H,35,38). The van der Waals surface area contributed by atoms with Crippen molar-refractivity contribution in [2.24, 2.45) is 0 Å². The number of anilines is 1. The molecular formula is C34H50N2O3S.